The second kappa shape index (κ2) is 5.35. The first-order valence-electron chi connectivity index (χ1n) is 4.46. The number of hydrogen-bond donors (Lipinski definition) is 0. The maximum absolute atomic E-state index is 12.6. The molecule has 0 N–H and O–H groups in total. The van der Waals surface area contributed by atoms with Crippen molar-refractivity contribution in [2.75, 3.05) is 0 Å². The van der Waals surface area contributed by atoms with Crippen LogP contribution in [0.5, 0.6) is 5.75 Å². The molecule has 19 heavy (non-hydrogen) atoms. The first-order valence-corrected chi connectivity index (χ1v) is 5.58. The van der Waals surface area contributed by atoms with Crippen LogP contribution < -0.4 is 4.74 Å². The number of aldehydes is 1. The fourth-order valence-corrected chi connectivity index (χ4v) is 1.79. The van der Waals surface area contributed by atoms with Crippen molar-refractivity contribution in [1.82, 2.24) is 4.98 Å². The molecule has 0 saturated carbocycles. The predicted octanol–water partition coefficient (Wildman–Crippen LogP) is 3.71. The Morgan fingerprint density at radius 1 is 1.26 bits per heavy atom. The van der Waals surface area contributed by atoms with Crippen molar-refractivity contribution >= 4 is 22.2 Å². The minimum Gasteiger partial charge on any atom is -0.403 e. The summed E-state index contributed by atoms with van der Waals surface area (Å²) in [4.78, 5) is 13.6. The summed E-state index contributed by atoms with van der Waals surface area (Å²) in [6.45, 7) is 0. The lowest BCUT2D eigenvalue weighted by atomic mass is 10.1. The van der Waals surface area contributed by atoms with E-state index in [2.05, 4.69) is 25.7 Å². The van der Waals surface area contributed by atoms with Crippen LogP contribution in [0.25, 0.3) is 0 Å². The number of aromatic nitrogens is 1. The Kier molecular flexibility index (Phi) is 4.43. The van der Waals surface area contributed by atoms with Crippen LogP contribution in [0, 0.1) is 0 Å². The van der Waals surface area contributed by atoms with Crippen LogP contribution in [-0.2, 0) is 11.5 Å². The molecule has 0 aliphatic rings. The van der Waals surface area contributed by atoms with Gasteiger partial charge in [0.25, 0.3) is 0 Å². The lowest BCUT2D eigenvalue weighted by molar-refractivity contribution is -0.275. The molecule has 1 aromatic rings. The molecule has 10 heteroatoms. The van der Waals surface area contributed by atoms with Crippen LogP contribution >= 0.6 is 15.9 Å². The van der Waals surface area contributed by atoms with Crippen LogP contribution in [0.1, 0.15) is 21.6 Å². The molecule has 1 heterocycles. The second-order valence-corrected chi connectivity index (χ2v) is 3.72. The zero-order valence-electron chi connectivity index (χ0n) is 8.77. The van der Waals surface area contributed by atoms with Gasteiger partial charge in [0.2, 0.25) is 0 Å². The second-order valence-electron chi connectivity index (χ2n) is 3.16. The van der Waals surface area contributed by atoms with Crippen molar-refractivity contribution < 1.29 is 35.9 Å². The van der Waals surface area contributed by atoms with Crippen molar-refractivity contribution in [2.45, 2.75) is 17.9 Å². The SMILES string of the molecule is O=Cc1ncc(C(F)(F)F)c(CBr)c1OC(F)(F)F. The smallest absolute Gasteiger partial charge is 0.403 e. The Balaban J connectivity index is 3.51. The average Bonchev–Trinajstić information content (AvgIpc) is 2.25. The van der Waals surface area contributed by atoms with Crippen LogP contribution in [0.15, 0.2) is 6.20 Å². The van der Waals surface area contributed by atoms with Gasteiger partial charge in [0.15, 0.2) is 12.0 Å². The van der Waals surface area contributed by atoms with E-state index in [0.717, 1.165) is 0 Å². The highest BCUT2D eigenvalue weighted by Crippen LogP contribution is 2.39. The van der Waals surface area contributed by atoms with Crippen molar-refractivity contribution in [3.63, 3.8) is 0 Å². The number of halogens is 7. The van der Waals surface area contributed by atoms with Crippen molar-refractivity contribution in [1.29, 1.82) is 0 Å². The van der Waals surface area contributed by atoms with Gasteiger partial charge in [-0.1, -0.05) is 15.9 Å². The Labute approximate surface area is 110 Å². The summed E-state index contributed by atoms with van der Waals surface area (Å²) in [5.74, 6) is -1.26. The number of ether oxygens (including phenoxy) is 1. The van der Waals surface area contributed by atoms with E-state index in [-0.39, 0.29) is 12.5 Å². The molecule has 0 aliphatic carbocycles. The molecular formula is C9H4BrF6NO2. The summed E-state index contributed by atoms with van der Waals surface area (Å²) in [6.07, 6.45) is -9.99. The van der Waals surface area contributed by atoms with Crippen molar-refractivity contribution in [3.8, 4) is 5.75 Å². The van der Waals surface area contributed by atoms with Crippen LogP contribution in [0.3, 0.4) is 0 Å². The van der Waals surface area contributed by atoms with Gasteiger partial charge in [-0.05, 0) is 0 Å². The molecule has 0 unspecified atom stereocenters. The molecule has 1 rings (SSSR count). The normalized spacial score (nSPS) is 12.4. The lowest BCUT2D eigenvalue weighted by Crippen LogP contribution is -2.21. The van der Waals surface area contributed by atoms with Crippen LogP contribution in [0.4, 0.5) is 26.3 Å². The number of alkyl halides is 7. The molecule has 1 aromatic heterocycles. The molecule has 106 valence electrons. The third kappa shape index (κ3) is 3.82. The molecular weight excluding hydrogens is 348 g/mol. The molecule has 0 atom stereocenters. The summed E-state index contributed by atoms with van der Waals surface area (Å²) in [7, 11) is 0. The Morgan fingerprint density at radius 2 is 1.84 bits per heavy atom. The predicted molar refractivity (Wildman–Crippen MR) is 53.9 cm³/mol. The molecule has 0 bridgehead atoms. The first kappa shape index (κ1) is 15.7. The largest absolute Gasteiger partial charge is 0.573 e. The zero-order valence-corrected chi connectivity index (χ0v) is 10.4. The Morgan fingerprint density at radius 3 is 2.21 bits per heavy atom. The van der Waals surface area contributed by atoms with Gasteiger partial charge >= 0.3 is 12.5 Å². The van der Waals surface area contributed by atoms with Crippen LogP contribution in [-0.4, -0.2) is 17.6 Å². The molecule has 3 nitrogen and oxygen atoms in total. The molecule has 0 aliphatic heterocycles. The van der Waals surface area contributed by atoms with E-state index >= 15 is 0 Å². The summed E-state index contributed by atoms with van der Waals surface area (Å²) >= 11 is 2.63. The number of pyridine rings is 1. The summed E-state index contributed by atoms with van der Waals surface area (Å²) in [5.41, 5.74) is -3.11. The van der Waals surface area contributed by atoms with E-state index < -0.39 is 40.4 Å². The van der Waals surface area contributed by atoms with E-state index in [1.54, 1.807) is 0 Å². The van der Waals surface area contributed by atoms with Gasteiger partial charge in [-0.25, -0.2) is 4.98 Å². The highest BCUT2D eigenvalue weighted by atomic mass is 79.9. The van der Waals surface area contributed by atoms with Gasteiger partial charge in [0.1, 0.15) is 5.69 Å². The Bertz CT molecular complexity index is 485. The van der Waals surface area contributed by atoms with Gasteiger partial charge in [0, 0.05) is 17.1 Å². The van der Waals surface area contributed by atoms with Gasteiger partial charge in [-0.3, -0.25) is 4.79 Å². The number of carbonyl (C=O) groups excluding carboxylic acids is 1. The minimum atomic E-state index is -5.24. The number of nitrogens with zero attached hydrogens (tertiary/aromatic N) is 1. The fraction of sp³-hybridized carbons (Fsp3) is 0.333. The summed E-state index contributed by atoms with van der Waals surface area (Å²) in [5, 5.41) is -0.587. The summed E-state index contributed by atoms with van der Waals surface area (Å²) < 4.78 is 77.7. The van der Waals surface area contributed by atoms with E-state index in [4.69, 9.17) is 0 Å². The zero-order chi connectivity index (χ0) is 14.8. The highest BCUT2D eigenvalue weighted by Gasteiger charge is 2.39. The van der Waals surface area contributed by atoms with Gasteiger partial charge in [0.05, 0.1) is 5.56 Å². The van der Waals surface area contributed by atoms with Crippen molar-refractivity contribution in [2.24, 2.45) is 0 Å². The van der Waals surface area contributed by atoms with E-state index in [1.807, 2.05) is 0 Å². The monoisotopic (exact) mass is 351 g/mol. The van der Waals surface area contributed by atoms with Gasteiger partial charge < -0.3 is 4.74 Å². The van der Waals surface area contributed by atoms with Crippen molar-refractivity contribution in [3.05, 3.63) is 23.0 Å². The minimum absolute atomic E-state index is 0.118. The van der Waals surface area contributed by atoms with E-state index in [0.29, 0.717) is 0 Å². The van der Waals surface area contributed by atoms with Gasteiger partial charge in [-0.15, -0.1) is 13.2 Å². The number of rotatable bonds is 3. The fourth-order valence-electron chi connectivity index (χ4n) is 1.24. The number of hydrogen-bond acceptors (Lipinski definition) is 3. The lowest BCUT2D eigenvalue weighted by Gasteiger charge is -2.17. The molecule has 0 amide bonds. The van der Waals surface area contributed by atoms with Crippen LogP contribution in [0.2, 0.25) is 0 Å². The molecule has 0 aromatic carbocycles. The quantitative estimate of drug-likeness (QED) is 0.473. The topological polar surface area (TPSA) is 39.2 Å². The van der Waals surface area contributed by atoms with E-state index in [9.17, 15) is 31.1 Å². The van der Waals surface area contributed by atoms with E-state index in [1.165, 1.54) is 0 Å². The van der Waals surface area contributed by atoms with Gasteiger partial charge in [-0.2, -0.15) is 13.2 Å². The molecule has 0 spiro atoms. The third-order valence-corrected chi connectivity index (χ3v) is 2.49. The maximum Gasteiger partial charge on any atom is 0.573 e. The number of carbonyl (C=O) groups is 1. The first-order chi connectivity index (χ1) is 8.60. The average molecular weight is 352 g/mol. The third-order valence-electron chi connectivity index (χ3n) is 1.93. The highest BCUT2D eigenvalue weighted by molar-refractivity contribution is 9.08. The molecule has 0 saturated heterocycles. The molecule has 0 fully saturated rings. The Hall–Kier alpha value is -1.32. The molecule has 0 radical (unpaired) electrons. The summed E-state index contributed by atoms with van der Waals surface area (Å²) in [6, 6.07) is 0. The standard InChI is InChI=1S/C9H4BrF6NO2/c10-1-4-5(8(11,12)13)2-17-6(3-18)7(4)19-9(14,15)16/h2-3H,1H2. The maximum atomic E-state index is 12.6.